The predicted molar refractivity (Wildman–Crippen MR) is 84.7 cm³/mol. The first-order valence-electron chi connectivity index (χ1n) is 6.84. The monoisotopic (exact) mass is 367 g/mol. The van der Waals surface area contributed by atoms with E-state index in [1.807, 2.05) is 0 Å². The van der Waals surface area contributed by atoms with E-state index in [1.54, 1.807) is 20.1 Å². The van der Waals surface area contributed by atoms with E-state index >= 15 is 0 Å². The summed E-state index contributed by atoms with van der Waals surface area (Å²) in [5, 5.41) is 0. The normalized spacial score (nSPS) is 13.1. The number of carbonyl (C=O) groups is 1. The second-order valence-electron chi connectivity index (χ2n) is 5.02. The van der Waals surface area contributed by atoms with Gasteiger partial charge >= 0.3 is 5.97 Å². The van der Waals surface area contributed by atoms with Crippen LogP contribution in [-0.2, 0) is 19.6 Å². The van der Waals surface area contributed by atoms with Crippen LogP contribution in [0.3, 0.4) is 0 Å². The van der Waals surface area contributed by atoms with Crippen molar-refractivity contribution in [2.75, 3.05) is 12.0 Å². The molecule has 0 aliphatic rings. The maximum atomic E-state index is 13.7. The second kappa shape index (κ2) is 8.60. The molecule has 1 atom stereocenters. The third-order valence-corrected chi connectivity index (χ3v) is 4.88. The van der Waals surface area contributed by atoms with E-state index in [0.29, 0.717) is 11.8 Å². The van der Waals surface area contributed by atoms with Crippen molar-refractivity contribution in [3.05, 3.63) is 29.8 Å². The van der Waals surface area contributed by atoms with Gasteiger partial charge in [-0.2, -0.15) is 16.5 Å². The molecule has 0 saturated carbocycles. The maximum Gasteiger partial charge on any atom is 0.324 e. The Morgan fingerprint density at radius 3 is 2.52 bits per heavy atom. The SMILES string of the molecule is CSCCC(NS(=O)(=O)c1ccc(F)cc1F)C(=O)OC(C)C. The molecule has 130 valence electrons. The van der Waals surface area contributed by atoms with Crippen LogP contribution in [0.25, 0.3) is 0 Å². The summed E-state index contributed by atoms with van der Waals surface area (Å²) in [5.41, 5.74) is 0. The molecule has 0 aliphatic heterocycles. The fourth-order valence-corrected chi connectivity index (χ4v) is 3.47. The minimum Gasteiger partial charge on any atom is -0.462 e. The van der Waals surface area contributed by atoms with Crippen molar-refractivity contribution in [2.24, 2.45) is 0 Å². The Bertz CT molecular complexity index is 650. The predicted octanol–water partition coefficient (Wildman–Crippen LogP) is 2.32. The highest BCUT2D eigenvalue weighted by Crippen LogP contribution is 2.17. The molecule has 0 amide bonds. The van der Waals surface area contributed by atoms with Gasteiger partial charge in [0.25, 0.3) is 0 Å². The molecule has 5 nitrogen and oxygen atoms in total. The molecule has 1 aromatic rings. The van der Waals surface area contributed by atoms with Gasteiger partial charge in [-0.15, -0.1) is 0 Å². The Kier molecular flexibility index (Phi) is 7.43. The van der Waals surface area contributed by atoms with Crippen molar-refractivity contribution in [2.45, 2.75) is 37.3 Å². The van der Waals surface area contributed by atoms with Crippen LogP contribution in [0.1, 0.15) is 20.3 Å². The van der Waals surface area contributed by atoms with Crippen molar-refractivity contribution in [3.8, 4) is 0 Å². The molecule has 1 unspecified atom stereocenters. The van der Waals surface area contributed by atoms with Gasteiger partial charge in [0.15, 0.2) is 0 Å². The zero-order chi connectivity index (χ0) is 17.6. The molecule has 23 heavy (non-hydrogen) atoms. The third-order valence-electron chi connectivity index (χ3n) is 2.73. The van der Waals surface area contributed by atoms with Crippen LogP contribution < -0.4 is 4.72 Å². The zero-order valence-electron chi connectivity index (χ0n) is 13.0. The lowest BCUT2D eigenvalue weighted by atomic mass is 10.2. The summed E-state index contributed by atoms with van der Waals surface area (Å²) in [4.78, 5) is 11.3. The number of halogens is 2. The molecule has 9 heteroatoms. The molecular weight excluding hydrogens is 348 g/mol. The fourth-order valence-electron chi connectivity index (χ4n) is 1.72. The van der Waals surface area contributed by atoms with Gasteiger partial charge in [0.05, 0.1) is 6.10 Å². The van der Waals surface area contributed by atoms with Gasteiger partial charge < -0.3 is 4.74 Å². The summed E-state index contributed by atoms with van der Waals surface area (Å²) in [5.74, 6) is -2.34. The first kappa shape index (κ1) is 19.9. The maximum absolute atomic E-state index is 13.7. The van der Waals surface area contributed by atoms with Gasteiger partial charge in [0, 0.05) is 6.07 Å². The average molecular weight is 367 g/mol. The van der Waals surface area contributed by atoms with E-state index in [0.717, 1.165) is 12.1 Å². The third kappa shape index (κ3) is 6.08. The second-order valence-corrected chi connectivity index (χ2v) is 7.68. The Morgan fingerprint density at radius 1 is 1.35 bits per heavy atom. The van der Waals surface area contributed by atoms with Gasteiger partial charge in [-0.25, -0.2) is 17.2 Å². The number of thioether (sulfide) groups is 1. The quantitative estimate of drug-likeness (QED) is 0.714. The largest absolute Gasteiger partial charge is 0.462 e. The van der Waals surface area contributed by atoms with Crippen molar-refractivity contribution in [1.82, 2.24) is 4.72 Å². The first-order valence-corrected chi connectivity index (χ1v) is 9.72. The topological polar surface area (TPSA) is 72.5 Å². The summed E-state index contributed by atoms with van der Waals surface area (Å²) in [6.45, 7) is 3.27. The van der Waals surface area contributed by atoms with E-state index in [-0.39, 0.29) is 6.42 Å². The number of nitrogens with one attached hydrogen (secondary N) is 1. The van der Waals surface area contributed by atoms with E-state index in [4.69, 9.17) is 4.74 Å². The van der Waals surface area contributed by atoms with Gasteiger partial charge in [-0.3, -0.25) is 4.79 Å². The number of benzene rings is 1. The number of ether oxygens (including phenoxy) is 1. The molecular formula is C14H19F2NO4S2. The van der Waals surface area contributed by atoms with Crippen LogP contribution in [0, 0.1) is 11.6 Å². The van der Waals surface area contributed by atoms with Gasteiger partial charge in [0.2, 0.25) is 10.0 Å². The van der Waals surface area contributed by atoms with E-state index < -0.39 is 44.7 Å². The molecule has 1 rings (SSSR count). The molecule has 0 spiro atoms. The summed E-state index contributed by atoms with van der Waals surface area (Å²) >= 11 is 1.43. The molecule has 0 aromatic heterocycles. The number of sulfonamides is 1. The lowest BCUT2D eigenvalue weighted by Crippen LogP contribution is -2.43. The molecule has 0 bridgehead atoms. The highest BCUT2D eigenvalue weighted by atomic mass is 32.2. The van der Waals surface area contributed by atoms with Crippen LogP contribution in [0.2, 0.25) is 0 Å². The summed E-state index contributed by atoms with van der Waals surface area (Å²) < 4.78 is 58.2. The summed E-state index contributed by atoms with van der Waals surface area (Å²) in [7, 11) is -4.32. The number of carbonyl (C=O) groups excluding carboxylic acids is 1. The molecule has 1 N–H and O–H groups in total. The summed E-state index contributed by atoms with van der Waals surface area (Å²) in [6, 6.07) is 0.977. The Hall–Kier alpha value is -1.19. The van der Waals surface area contributed by atoms with Gasteiger partial charge in [0.1, 0.15) is 22.6 Å². The Morgan fingerprint density at radius 2 is 2.00 bits per heavy atom. The first-order chi connectivity index (χ1) is 10.7. The lowest BCUT2D eigenvalue weighted by Gasteiger charge is -2.19. The van der Waals surface area contributed by atoms with Crippen molar-refractivity contribution >= 4 is 27.8 Å². The molecule has 0 saturated heterocycles. The molecule has 0 fully saturated rings. The fraction of sp³-hybridized carbons (Fsp3) is 0.500. The number of esters is 1. The van der Waals surface area contributed by atoms with Crippen LogP contribution in [0.15, 0.2) is 23.1 Å². The van der Waals surface area contributed by atoms with E-state index in [1.165, 1.54) is 11.8 Å². The van der Waals surface area contributed by atoms with Gasteiger partial charge in [-0.1, -0.05) is 0 Å². The Balaban J connectivity index is 3.02. The van der Waals surface area contributed by atoms with Crippen LogP contribution in [0.4, 0.5) is 8.78 Å². The smallest absolute Gasteiger partial charge is 0.324 e. The minimum atomic E-state index is -4.32. The number of hydrogen-bond acceptors (Lipinski definition) is 5. The summed E-state index contributed by atoms with van der Waals surface area (Å²) in [6.07, 6.45) is 1.58. The van der Waals surface area contributed by atoms with E-state index in [9.17, 15) is 22.0 Å². The number of rotatable bonds is 8. The zero-order valence-corrected chi connectivity index (χ0v) is 14.6. The molecule has 0 radical (unpaired) electrons. The van der Waals surface area contributed by atoms with E-state index in [2.05, 4.69) is 4.72 Å². The van der Waals surface area contributed by atoms with Gasteiger partial charge in [-0.05, 0) is 44.4 Å². The highest BCUT2D eigenvalue weighted by molar-refractivity contribution is 7.98. The number of hydrogen-bond donors (Lipinski definition) is 1. The molecule has 0 aliphatic carbocycles. The highest BCUT2D eigenvalue weighted by Gasteiger charge is 2.29. The Labute approximate surface area is 138 Å². The van der Waals surface area contributed by atoms with Crippen molar-refractivity contribution in [3.63, 3.8) is 0 Å². The van der Waals surface area contributed by atoms with Crippen LogP contribution in [-0.4, -0.2) is 38.5 Å². The molecule has 1 aromatic carbocycles. The molecule has 0 heterocycles. The van der Waals surface area contributed by atoms with Crippen LogP contribution >= 0.6 is 11.8 Å². The standard InChI is InChI=1S/C14H19F2NO4S2/c1-9(2)21-14(18)12(6-7-22-3)17-23(19,20)13-5-4-10(15)8-11(13)16/h4-5,8-9,12,17H,6-7H2,1-3H3. The average Bonchev–Trinajstić information content (AvgIpc) is 2.42. The van der Waals surface area contributed by atoms with Crippen molar-refractivity contribution in [1.29, 1.82) is 0 Å². The lowest BCUT2D eigenvalue weighted by molar-refractivity contribution is -0.149. The van der Waals surface area contributed by atoms with Crippen molar-refractivity contribution < 1.29 is 26.7 Å². The minimum absolute atomic E-state index is 0.189. The van der Waals surface area contributed by atoms with Crippen LogP contribution in [0.5, 0.6) is 0 Å².